The summed E-state index contributed by atoms with van der Waals surface area (Å²) in [7, 11) is 0. The van der Waals surface area contributed by atoms with Gasteiger partial charge in [0.05, 0.1) is 6.20 Å². The molecule has 10 heteroatoms. The number of phenolic OH excluding ortho intramolecular Hbond substituents is 2. The van der Waals surface area contributed by atoms with Gasteiger partial charge in [-0.2, -0.15) is 13.2 Å². The van der Waals surface area contributed by atoms with Crippen molar-refractivity contribution >= 4 is 11.6 Å². The average molecular weight is 366 g/mol. The second kappa shape index (κ2) is 6.47. The van der Waals surface area contributed by atoms with Crippen LogP contribution in [0.3, 0.4) is 0 Å². The molecule has 3 aromatic rings. The molecule has 0 aliphatic rings. The first-order valence-electron chi connectivity index (χ1n) is 7.09. The minimum atomic E-state index is -4.62. The van der Waals surface area contributed by atoms with Gasteiger partial charge in [-0.15, -0.1) is 0 Å². The predicted molar refractivity (Wildman–Crippen MR) is 83.3 cm³/mol. The Labute approximate surface area is 143 Å². The maximum Gasteiger partial charge on any atom is 0.433 e. The number of benzene rings is 1. The van der Waals surface area contributed by atoms with Gasteiger partial charge in [0.25, 0.3) is 0 Å². The normalized spacial score (nSPS) is 11.4. The van der Waals surface area contributed by atoms with E-state index in [0.29, 0.717) is 0 Å². The van der Waals surface area contributed by atoms with E-state index in [1.54, 1.807) is 0 Å². The largest absolute Gasteiger partial charge is 0.504 e. The van der Waals surface area contributed by atoms with E-state index in [2.05, 4.69) is 20.3 Å². The van der Waals surface area contributed by atoms with E-state index in [4.69, 9.17) is 0 Å². The van der Waals surface area contributed by atoms with Gasteiger partial charge in [0.15, 0.2) is 17.3 Å². The summed E-state index contributed by atoms with van der Waals surface area (Å²) in [5.41, 5.74) is -1.15. The van der Waals surface area contributed by atoms with Crippen LogP contribution in [-0.4, -0.2) is 25.2 Å². The highest BCUT2D eigenvalue weighted by molar-refractivity contribution is 5.65. The van der Waals surface area contributed by atoms with Crippen molar-refractivity contribution in [2.75, 3.05) is 5.32 Å². The van der Waals surface area contributed by atoms with Crippen LogP contribution in [0.2, 0.25) is 0 Å². The SMILES string of the molecule is Oc1ccc(-c2nc(Nc3ccnc(C(F)(F)F)c3)ncc2F)cc1O. The van der Waals surface area contributed by atoms with Crippen LogP contribution in [0.25, 0.3) is 11.3 Å². The average Bonchev–Trinajstić information content (AvgIpc) is 2.59. The van der Waals surface area contributed by atoms with Crippen LogP contribution in [0.5, 0.6) is 11.5 Å². The molecule has 0 atom stereocenters. The number of alkyl halides is 3. The zero-order valence-electron chi connectivity index (χ0n) is 12.8. The zero-order chi connectivity index (χ0) is 18.9. The Morgan fingerprint density at radius 3 is 2.42 bits per heavy atom. The molecule has 0 fully saturated rings. The molecule has 1 aromatic carbocycles. The number of phenols is 2. The van der Waals surface area contributed by atoms with Crippen molar-refractivity contribution in [1.29, 1.82) is 0 Å². The molecule has 0 aliphatic heterocycles. The van der Waals surface area contributed by atoms with Crippen molar-refractivity contribution in [2.45, 2.75) is 6.18 Å². The molecule has 3 rings (SSSR count). The van der Waals surface area contributed by atoms with Crippen LogP contribution >= 0.6 is 0 Å². The molecule has 0 aliphatic carbocycles. The fourth-order valence-corrected chi connectivity index (χ4v) is 2.09. The maximum atomic E-state index is 14.0. The third-order valence-electron chi connectivity index (χ3n) is 3.30. The van der Waals surface area contributed by atoms with Crippen molar-refractivity contribution in [3.63, 3.8) is 0 Å². The number of hydrogen-bond acceptors (Lipinski definition) is 6. The molecule has 134 valence electrons. The number of halogens is 4. The van der Waals surface area contributed by atoms with Crippen LogP contribution in [0.1, 0.15) is 5.69 Å². The lowest BCUT2D eigenvalue weighted by molar-refractivity contribution is -0.141. The summed E-state index contributed by atoms with van der Waals surface area (Å²) in [4.78, 5) is 10.8. The van der Waals surface area contributed by atoms with Gasteiger partial charge in [-0.1, -0.05) is 0 Å². The topological polar surface area (TPSA) is 91.2 Å². The highest BCUT2D eigenvalue weighted by atomic mass is 19.4. The van der Waals surface area contributed by atoms with Crippen LogP contribution < -0.4 is 5.32 Å². The first-order chi connectivity index (χ1) is 12.2. The van der Waals surface area contributed by atoms with E-state index in [-0.39, 0.29) is 22.9 Å². The van der Waals surface area contributed by atoms with Crippen molar-refractivity contribution in [2.24, 2.45) is 0 Å². The highest BCUT2D eigenvalue weighted by Gasteiger charge is 2.32. The number of aromatic hydroxyl groups is 2. The molecular formula is C16H10F4N4O2. The smallest absolute Gasteiger partial charge is 0.433 e. The first-order valence-corrected chi connectivity index (χ1v) is 7.09. The summed E-state index contributed by atoms with van der Waals surface area (Å²) in [6.07, 6.45) is -2.82. The maximum absolute atomic E-state index is 14.0. The van der Waals surface area contributed by atoms with E-state index < -0.39 is 29.2 Å². The van der Waals surface area contributed by atoms with E-state index in [1.165, 1.54) is 12.1 Å². The van der Waals surface area contributed by atoms with Gasteiger partial charge in [-0.05, 0) is 30.3 Å². The van der Waals surface area contributed by atoms with E-state index in [0.717, 1.165) is 30.6 Å². The molecule has 0 radical (unpaired) electrons. The molecule has 26 heavy (non-hydrogen) atoms. The number of nitrogens with zero attached hydrogens (tertiary/aromatic N) is 3. The van der Waals surface area contributed by atoms with Gasteiger partial charge >= 0.3 is 6.18 Å². The fourth-order valence-electron chi connectivity index (χ4n) is 2.09. The minimum Gasteiger partial charge on any atom is -0.504 e. The second-order valence-electron chi connectivity index (χ2n) is 5.15. The molecule has 0 bridgehead atoms. The summed E-state index contributed by atoms with van der Waals surface area (Å²) in [6.45, 7) is 0. The summed E-state index contributed by atoms with van der Waals surface area (Å²) in [5, 5.41) is 21.4. The van der Waals surface area contributed by atoms with Gasteiger partial charge in [0.1, 0.15) is 11.4 Å². The Hall–Kier alpha value is -3.43. The van der Waals surface area contributed by atoms with E-state index in [9.17, 15) is 27.8 Å². The lowest BCUT2D eigenvalue weighted by atomic mass is 10.1. The molecule has 0 unspecified atom stereocenters. The van der Waals surface area contributed by atoms with E-state index in [1.807, 2.05) is 0 Å². The Balaban J connectivity index is 1.94. The van der Waals surface area contributed by atoms with Crippen molar-refractivity contribution in [1.82, 2.24) is 15.0 Å². The molecule has 0 spiro atoms. The minimum absolute atomic E-state index is 0.0124. The lowest BCUT2D eigenvalue weighted by Crippen LogP contribution is -2.08. The molecule has 2 heterocycles. The molecule has 0 amide bonds. The van der Waals surface area contributed by atoms with Crippen LogP contribution in [0.15, 0.2) is 42.7 Å². The summed E-state index contributed by atoms with van der Waals surface area (Å²) in [6, 6.07) is 5.60. The molecule has 2 aromatic heterocycles. The summed E-state index contributed by atoms with van der Waals surface area (Å²) >= 11 is 0. The first kappa shape index (κ1) is 17.4. The standard InChI is InChI=1S/C16H10F4N4O2/c17-10-7-22-15(23-9-3-4-21-13(6-9)16(18,19)20)24-14(10)8-1-2-11(25)12(26)5-8/h1-7,25-26H,(H,21,22,23,24). The van der Waals surface area contributed by atoms with Gasteiger partial charge in [0, 0.05) is 17.4 Å². The molecule has 6 nitrogen and oxygen atoms in total. The van der Waals surface area contributed by atoms with Crippen molar-refractivity contribution < 1.29 is 27.8 Å². The van der Waals surface area contributed by atoms with Crippen molar-refractivity contribution in [3.8, 4) is 22.8 Å². The lowest BCUT2D eigenvalue weighted by Gasteiger charge is -2.10. The Morgan fingerprint density at radius 2 is 1.73 bits per heavy atom. The quantitative estimate of drug-likeness (QED) is 0.482. The van der Waals surface area contributed by atoms with Gasteiger partial charge in [0.2, 0.25) is 5.95 Å². The molecule has 3 N–H and O–H groups in total. The summed E-state index contributed by atoms with van der Waals surface area (Å²) < 4.78 is 52.1. The van der Waals surface area contributed by atoms with Crippen molar-refractivity contribution in [3.05, 3.63) is 54.2 Å². The number of aromatic nitrogens is 3. The van der Waals surface area contributed by atoms with E-state index >= 15 is 0 Å². The van der Waals surface area contributed by atoms with Crippen LogP contribution in [0.4, 0.5) is 29.2 Å². The highest BCUT2D eigenvalue weighted by Crippen LogP contribution is 2.32. The molecule has 0 saturated carbocycles. The number of hydrogen-bond donors (Lipinski definition) is 3. The monoisotopic (exact) mass is 366 g/mol. The number of pyridine rings is 1. The van der Waals surface area contributed by atoms with Gasteiger partial charge < -0.3 is 15.5 Å². The Bertz CT molecular complexity index is 963. The van der Waals surface area contributed by atoms with Gasteiger partial charge in [-0.25, -0.2) is 14.4 Å². The fraction of sp³-hybridized carbons (Fsp3) is 0.0625. The number of nitrogens with one attached hydrogen (secondary N) is 1. The predicted octanol–water partition coefficient (Wildman–Crippen LogP) is 3.85. The molecular weight excluding hydrogens is 356 g/mol. The number of rotatable bonds is 3. The third-order valence-corrected chi connectivity index (χ3v) is 3.30. The molecule has 0 saturated heterocycles. The number of anilines is 2. The second-order valence-corrected chi connectivity index (χ2v) is 5.15. The third kappa shape index (κ3) is 3.63. The van der Waals surface area contributed by atoms with Crippen LogP contribution in [0, 0.1) is 5.82 Å². The Kier molecular flexibility index (Phi) is 4.33. The van der Waals surface area contributed by atoms with Crippen LogP contribution in [-0.2, 0) is 6.18 Å². The van der Waals surface area contributed by atoms with Gasteiger partial charge in [-0.3, -0.25) is 4.98 Å². The Morgan fingerprint density at radius 1 is 0.962 bits per heavy atom. The summed E-state index contributed by atoms with van der Waals surface area (Å²) in [5.74, 6) is -1.84. The zero-order valence-corrected chi connectivity index (χ0v) is 12.8.